The van der Waals surface area contributed by atoms with Gasteiger partial charge in [-0.3, -0.25) is 0 Å². The molecule has 0 amide bonds. The van der Waals surface area contributed by atoms with Gasteiger partial charge in [0.2, 0.25) is 0 Å². The first-order valence-corrected chi connectivity index (χ1v) is 4.87. The summed E-state index contributed by atoms with van der Waals surface area (Å²) in [6.07, 6.45) is 0.847. The summed E-state index contributed by atoms with van der Waals surface area (Å²) in [5.74, 6) is 0.603. The van der Waals surface area contributed by atoms with Gasteiger partial charge in [0.15, 0.2) is 0 Å². The lowest BCUT2D eigenvalue weighted by atomic mass is 10.1. The topological polar surface area (TPSA) is 29.5 Å². The van der Waals surface area contributed by atoms with Gasteiger partial charge in [0.25, 0.3) is 0 Å². The van der Waals surface area contributed by atoms with Crippen LogP contribution in [-0.2, 0) is 0 Å². The summed E-state index contributed by atoms with van der Waals surface area (Å²) >= 11 is 0. The highest BCUT2D eigenvalue weighted by Crippen LogP contribution is 2.50. The Hall–Kier alpha value is -1.16. The maximum absolute atomic E-state index is 12.1. The van der Waals surface area contributed by atoms with Crippen molar-refractivity contribution in [2.24, 2.45) is 5.92 Å². The number of hydrogen-bond acceptors (Lipinski definition) is 2. The number of alkyl halides is 2. The SMILES string of the molecule is OCC1CC1c1ccccc1OC(F)F. The summed E-state index contributed by atoms with van der Waals surface area (Å²) in [7, 11) is 0. The summed E-state index contributed by atoms with van der Waals surface area (Å²) in [6, 6.07) is 6.77. The Labute approximate surface area is 86.5 Å². The second-order valence-corrected chi connectivity index (χ2v) is 3.70. The molecule has 0 aromatic heterocycles. The minimum Gasteiger partial charge on any atom is -0.435 e. The predicted octanol–water partition coefficient (Wildman–Crippen LogP) is 2.38. The van der Waals surface area contributed by atoms with Crippen LogP contribution in [0.5, 0.6) is 5.75 Å². The van der Waals surface area contributed by atoms with E-state index in [1.165, 1.54) is 6.07 Å². The number of rotatable bonds is 4. The van der Waals surface area contributed by atoms with Crippen molar-refractivity contribution in [3.05, 3.63) is 29.8 Å². The fourth-order valence-electron chi connectivity index (χ4n) is 1.82. The van der Waals surface area contributed by atoms with Crippen LogP contribution in [0.1, 0.15) is 17.9 Å². The summed E-state index contributed by atoms with van der Waals surface area (Å²) in [6.45, 7) is -2.69. The largest absolute Gasteiger partial charge is 0.435 e. The number of benzene rings is 1. The second-order valence-electron chi connectivity index (χ2n) is 3.70. The van der Waals surface area contributed by atoms with E-state index in [1.807, 2.05) is 0 Å². The summed E-state index contributed by atoms with van der Waals surface area (Å²) < 4.78 is 28.6. The Kier molecular flexibility index (Phi) is 2.86. The third-order valence-electron chi connectivity index (χ3n) is 2.69. The van der Waals surface area contributed by atoms with Crippen molar-refractivity contribution in [3.8, 4) is 5.75 Å². The van der Waals surface area contributed by atoms with Crippen LogP contribution in [0.15, 0.2) is 24.3 Å². The Morgan fingerprint density at radius 1 is 1.40 bits per heavy atom. The molecule has 4 heteroatoms. The number of ether oxygens (including phenoxy) is 1. The van der Waals surface area contributed by atoms with Crippen molar-refractivity contribution in [2.75, 3.05) is 6.61 Å². The van der Waals surface area contributed by atoms with Crippen LogP contribution < -0.4 is 4.74 Å². The first-order chi connectivity index (χ1) is 7.22. The van der Waals surface area contributed by atoms with Gasteiger partial charge in [-0.05, 0) is 29.9 Å². The lowest BCUT2D eigenvalue weighted by molar-refractivity contribution is -0.0504. The summed E-state index contributed by atoms with van der Waals surface area (Å²) in [5, 5.41) is 8.92. The molecule has 2 rings (SSSR count). The maximum atomic E-state index is 12.1. The van der Waals surface area contributed by atoms with Gasteiger partial charge >= 0.3 is 6.61 Å². The molecule has 1 saturated carbocycles. The van der Waals surface area contributed by atoms with Crippen molar-refractivity contribution in [2.45, 2.75) is 19.0 Å². The van der Waals surface area contributed by atoms with Crippen molar-refractivity contribution < 1.29 is 18.6 Å². The van der Waals surface area contributed by atoms with Gasteiger partial charge in [0, 0.05) is 6.61 Å². The van der Waals surface area contributed by atoms with Crippen LogP contribution >= 0.6 is 0 Å². The van der Waals surface area contributed by atoms with E-state index in [0.717, 1.165) is 12.0 Å². The molecule has 2 atom stereocenters. The van der Waals surface area contributed by atoms with Crippen molar-refractivity contribution in [1.29, 1.82) is 0 Å². The monoisotopic (exact) mass is 214 g/mol. The number of hydrogen-bond donors (Lipinski definition) is 1. The molecule has 1 N–H and O–H groups in total. The molecule has 1 aliphatic rings. The Morgan fingerprint density at radius 3 is 2.73 bits per heavy atom. The second kappa shape index (κ2) is 4.14. The predicted molar refractivity (Wildman–Crippen MR) is 51.0 cm³/mol. The number of para-hydroxylation sites is 1. The Balaban J connectivity index is 2.16. The molecule has 1 aromatic rings. The minimum atomic E-state index is -2.79. The zero-order chi connectivity index (χ0) is 10.8. The molecule has 0 radical (unpaired) electrons. The van der Waals surface area contributed by atoms with Crippen LogP contribution in [0.2, 0.25) is 0 Å². The van der Waals surface area contributed by atoms with Crippen LogP contribution in [0, 0.1) is 5.92 Å². The molecule has 82 valence electrons. The fourth-order valence-corrected chi connectivity index (χ4v) is 1.82. The van der Waals surface area contributed by atoms with E-state index >= 15 is 0 Å². The van der Waals surface area contributed by atoms with E-state index in [1.54, 1.807) is 18.2 Å². The zero-order valence-electron chi connectivity index (χ0n) is 8.07. The number of aliphatic hydroxyl groups is 1. The first-order valence-electron chi connectivity index (χ1n) is 4.87. The van der Waals surface area contributed by atoms with E-state index in [4.69, 9.17) is 5.11 Å². The highest BCUT2D eigenvalue weighted by molar-refractivity contribution is 5.39. The van der Waals surface area contributed by atoms with Crippen LogP contribution in [-0.4, -0.2) is 18.3 Å². The standard InChI is InChI=1S/C11H12F2O2/c12-11(13)15-10-4-2-1-3-8(10)9-5-7(9)6-14/h1-4,7,9,11,14H,5-6H2. The van der Waals surface area contributed by atoms with Crippen LogP contribution in [0.3, 0.4) is 0 Å². The smallest absolute Gasteiger partial charge is 0.387 e. The van der Waals surface area contributed by atoms with Gasteiger partial charge in [-0.1, -0.05) is 18.2 Å². The van der Waals surface area contributed by atoms with E-state index in [-0.39, 0.29) is 24.2 Å². The maximum Gasteiger partial charge on any atom is 0.387 e. The third kappa shape index (κ3) is 2.26. The first kappa shape index (κ1) is 10.4. The normalized spacial score (nSPS) is 24.3. The van der Waals surface area contributed by atoms with Gasteiger partial charge in [0.05, 0.1) is 0 Å². The molecular formula is C11H12F2O2. The molecular weight excluding hydrogens is 202 g/mol. The number of halogens is 2. The molecule has 15 heavy (non-hydrogen) atoms. The van der Waals surface area contributed by atoms with Gasteiger partial charge in [0.1, 0.15) is 5.75 Å². The average Bonchev–Trinajstić information content (AvgIpc) is 2.97. The van der Waals surface area contributed by atoms with Crippen molar-refractivity contribution in [1.82, 2.24) is 0 Å². The number of aliphatic hydroxyl groups excluding tert-OH is 1. The Morgan fingerprint density at radius 2 is 2.13 bits per heavy atom. The van der Waals surface area contributed by atoms with E-state index in [2.05, 4.69) is 4.74 Å². The highest BCUT2D eigenvalue weighted by Gasteiger charge is 2.39. The molecule has 1 aliphatic carbocycles. The molecule has 2 unspecified atom stereocenters. The average molecular weight is 214 g/mol. The molecule has 2 nitrogen and oxygen atoms in total. The van der Waals surface area contributed by atoms with Gasteiger partial charge in [-0.25, -0.2) is 0 Å². The lowest BCUT2D eigenvalue weighted by Gasteiger charge is -2.09. The van der Waals surface area contributed by atoms with Gasteiger partial charge in [-0.2, -0.15) is 8.78 Å². The van der Waals surface area contributed by atoms with Gasteiger partial charge in [-0.15, -0.1) is 0 Å². The molecule has 1 fully saturated rings. The molecule has 0 aliphatic heterocycles. The summed E-state index contributed by atoms with van der Waals surface area (Å²) in [4.78, 5) is 0. The van der Waals surface area contributed by atoms with E-state index < -0.39 is 6.61 Å². The molecule has 0 heterocycles. The third-order valence-corrected chi connectivity index (χ3v) is 2.69. The van der Waals surface area contributed by atoms with E-state index in [9.17, 15) is 8.78 Å². The van der Waals surface area contributed by atoms with Crippen molar-refractivity contribution in [3.63, 3.8) is 0 Å². The Bertz CT molecular complexity index is 341. The summed E-state index contributed by atoms with van der Waals surface area (Å²) in [5.41, 5.74) is 0.775. The quantitative estimate of drug-likeness (QED) is 0.833. The van der Waals surface area contributed by atoms with Gasteiger partial charge < -0.3 is 9.84 Å². The van der Waals surface area contributed by atoms with Crippen LogP contribution in [0.25, 0.3) is 0 Å². The molecule has 0 spiro atoms. The fraction of sp³-hybridized carbons (Fsp3) is 0.455. The minimum absolute atomic E-state index is 0.105. The van der Waals surface area contributed by atoms with Crippen molar-refractivity contribution >= 4 is 0 Å². The van der Waals surface area contributed by atoms with E-state index in [0.29, 0.717) is 0 Å². The lowest BCUT2D eigenvalue weighted by Crippen LogP contribution is -2.04. The zero-order valence-corrected chi connectivity index (χ0v) is 8.07. The highest BCUT2D eigenvalue weighted by atomic mass is 19.3. The molecule has 1 aromatic carbocycles. The van der Waals surface area contributed by atoms with Crippen LogP contribution in [0.4, 0.5) is 8.78 Å². The molecule has 0 bridgehead atoms. The molecule has 0 saturated heterocycles.